The summed E-state index contributed by atoms with van der Waals surface area (Å²) >= 11 is 9.09. The molecule has 1 aromatic heterocycles. The number of carbonyl (C=O) groups is 3. The number of β-lactam (4-membered cyclic amide) rings is 1. The van der Waals surface area contributed by atoms with E-state index in [4.69, 9.17) is 36.1 Å². The third kappa shape index (κ3) is 9.62. The number of rotatable bonds is 18. The molecule has 1 saturated heterocycles. The summed E-state index contributed by atoms with van der Waals surface area (Å²) in [6.07, 6.45) is 0. The topological polar surface area (TPSA) is 131 Å². The molecule has 0 bridgehead atoms. The minimum absolute atomic E-state index is 0.00787. The van der Waals surface area contributed by atoms with Crippen molar-refractivity contribution in [2.75, 3.05) is 24.1 Å². The van der Waals surface area contributed by atoms with Gasteiger partial charge in [-0.25, -0.2) is 9.78 Å². The largest absolute Gasteiger partial charge is 0.497 e. The third-order valence-corrected chi connectivity index (χ3v) is 15.3. The van der Waals surface area contributed by atoms with Crippen LogP contribution in [0.4, 0.5) is 5.13 Å². The van der Waals surface area contributed by atoms with Crippen LogP contribution < -0.4 is 15.4 Å². The highest BCUT2D eigenvalue weighted by atomic mass is 35.5. The van der Waals surface area contributed by atoms with Crippen LogP contribution in [0.15, 0.2) is 228 Å². The normalized spacial score (nSPS) is 15.7. The van der Waals surface area contributed by atoms with E-state index in [0.717, 1.165) is 38.9 Å². The van der Waals surface area contributed by atoms with Crippen molar-refractivity contribution in [2.24, 2.45) is 5.16 Å². The van der Waals surface area contributed by atoms with Gasteiger partial charge >= 0.3 is 5.97 Å². The summed E-state index contributed by atoms with van der Waals surface area (Å²) in [6, 6.07) is 65.6. The number of methoxy groups -OCH3 is 1. The monoisotopic (exact) mass is 1020 g/mol. The number of aromatic nitrogens is 1. The molecule has 2 aliphatic heterocycles. The van der Waals surface area contributed by atoms with E-state index in [9.17, 15) is 9.59 Å². The van der Waals surface area contributed by atoms with Gasteiger partial charge in [0.1, 0.15) is 40.7 Å². The summed E-state index contributed by atoms with van der Waals surface area (Å²) in [5.74, 6) is -0.897. The maximum Gasteiger partial charge on any atom is 0.355 e. The molecule has 14 heteroatoms. The predicted molar refractivity (Wildman–Crippen MR) is 287 cm³/mol. The first-order valence-corrected chi connectivity index (χ1v) is 26.0. The van der Waals surface area contributed by atoms with Gasteiger partial charge in [-0.1, -0.05) is 199 Å². The van der Waals surface area contributed by atoms with Crippen molar-refractivity contribution in [3.63, 3.8) is 0 Å². The molecule has 1 fully saturated rings. The summed E-state index contributed by atoms with van der Waals surface area (Å²) in [6.45, 7) is -0.0359. The van der Waals surface area contributed by atoms with Gasteiger partial charge in [-0.05, 0) is 40.0 Å². The first-order chi connectivity index (χ1) is 35.8. The van der Waals surface area contributed by atoms with Gasteiger partial charge in [0.15, 0.2) is 10.8 Å². The number of alkyl halides is 1. The first-order valence-electron chi connectivity index (χ1n) is 23.5. The zero-order valence-corrected chi connectivity index (χ0v) is 41.9. The first kappa shape index (κ1) is 48.6. The molecule has 8 aromatic rings. The highest BCUT2D eigenvalue weighted by Gasteiger charge is 2.55. The average Bonchev–Trinajstić information content (AvgIpc) is 3.93. The van der Waals surface area contributed by atoms with Crippen LogP contribution in [-0.4, -0.2) is 63.5 Å². The number of nitrogens with one attached hydrogen (secondary N) is 2. The number of fused-ring (bicyclic) bond motifs is 1. The van der Waals surface area contributed by atoms with Crippen LogP contribution in [0.5, 0.6) is 5.75 Å². The van der Waals surface area contributed by atoms with Crippen molar-refractivity contribution >= 4 is 63.3 Å². The lowest BCUT2D eigenvalue weighted by Gasteiger charge is -2.49. The van der Waals surface area contributed by atoms with Gasteiger partial charge in [-0.3, -0.25) is 14.5 Å². The Kier molecular flexibility index (Phi) is 14.5. The predicted octanol–water partition coefficient (Wildman–Crippen LogP) is 10.9. The standard InChI is InChI=1S/C59H48ClN5O6S2/c1-69-48-34-32-40(33-35-48)37-70-56(68)52-41(36-60)38-72-55-51(54(67)65(52)55)62-53(66)50(64-71-59(45-26-14-5-15-27-45,46-28-16-6-17-29-46)47-30-18-7-19-31-47)49-39-73-57(61-49)63-58(42-20-8-2-9-21-42,43-22-10-3-11-23-43)44-24-12-4-13-25-44/h2-35,39,51,55H,36-38H2,1H3,(H,61,63)(H,62,66)/t51?,55-/m1/s1. The van der Waals surface area contributed by atoms with E-state index in [1.807, 2.05) is 146 Å². The Morgan fingerprint density at radius 3 is 1.64 bits per heavy atom. The summed E-state index contributed by atoms with van der Waals surface area (Å²) in [5, 5.41) is 13.2. The molecule has 2 aliphatic rings. The molecule has 0 radical (unpaired) electrons. The SMILES string of the molecule is COc1ccc(COC(=O)C2=C(CCl)CS[C@@H]3C(NC(=O)C(=NOC(c4ccccc4)(c4ccccc4)c4ccccc4)c4csc(NC(c5ccccc5)(c5ccccc5)c5ccccc5)n4)C(=O)N23)cc1. The second kappa shape index (κ2) is 21.8. The fraction of sp³-hybridized carbons (Fsp3) is 0.136. The molecule has 0 spiro atoms. The van der Waals surface area contributed by atoms with Crippen molar-refractivity contribution in [3.8, 4) is 5.75 Å². The van der Waals surface area contributed by atoms with E-state index in [2.05, 4.69) is 47.0 Å². The van der Waals surface area contributed by atoms with Crippen molar-refractivity contribution in [1.82, 2.24) is 15.2 Å². The number of benzene rings is 7. The Balaban J connectivity index is 1.03. The Labute approximate surface area is 436 Å². The van der Waals surface area contributed by atoms with Crippen LogP contribution in [0, 0.1) is 0 Å². The van der Waals surface area contributed by atoms with Crippen molar-refractivity contribution < 1.29 is 28.7 Å². The quantitative estimate of drug-likeness (QED) is 0.0215. The fourth-order valence-electron chi connectivity index (χ4n) is 9.30. The molecule has 364 valence electrons. The molecular formula is C59H48ClN5O6S2. The lowest BCUT2D eigenvalue weighted by atomic mass is 9.77. The zero-order chi connectivity index (χ0) is 50.2. The maximum absolute atomic E-state index is 15.2. The summed E-state index contributed by atoms with van der Waals surface area (Å²) < 4.78 is 11.0. The third-order valence-electron chi connectivity index (χ3n) is 12.9. The van der Waals surface area contributed by atoms with Gasteiger partial charge in [0.25, 0.3) is 11.8 Å². The Morgan fingerprint density at radius 1 is 0.699 bits per heavy atom. The smallest absolute Gasteiger partial charge is 0.355 e. The summed E-state index contributed by atoms with van der Waals surface area (Å²) in [7, 11) is 1.57. The van der Waals surface area contributed by atoms with Gasteiger partial charge in [-0.2, -0.15) is 0 Å². The molecule has 2 N–H and O–H groups in total. The van der Waals surface area contributed by atoms with Crippen LogP contribution in [0.1, 0.15) is 44.6 Å². The molecule has 0 aliphatic carbocycles. The van der Waals surface area contributed by atoms with Crippen molar-refractivity contribution in [1.29, 1.82) is 0 Å². The second-order valence-electron chi connectivity index (χ2n) is 17.2. The Hall–Kier alpha value is -7.97. The van der Waals surface area contributed by atoms with Crippen molar-refractivity contribution in [2.45, 2.75) is 29.2 Å². The van der Waals surface area contributed by atoms with Crippen LogP contribution in [0.2, 0.25) is 0 Å². The number of carbonyl (C=O) groups excluding carboxylic acids is 3. The number of oxime groups is 1. The van der Waals surface area contributed by atoms with Crippen LogP contribution in [0.3, 0.4) is 0 Å². The minimum atomic E-state index is -1.36. The second-order valence-corrected chi connectivity index (χ2v) is 19.4. The number of nitrogens with zero attached hydrogens (tertiary/aromatic N) is 3. The molecule has 10 rings (SSSR count). The molecule has 0 saturated carbocycles. The van der Waals surface area contributed by atoms with E-state index in [-0.39, 0.29) is 29.6 Å². The van der Waals surface area contributed by atoms with Gasteiger partial charge in [0, 0.05) is 33.7 Å². The highest BCUT2D eigenvalue weighted by Crippen LogP contribution is 2.44. The van der Waals surface area contributed by atoms with E-state index < -0.39 is 40.3 Å². The number of esters is 1. The number of hydrogen-bond donors (Lipinski definition) is 2. The lowest BCUT2D eigenvalue weighted by Crippen LogP contribution is -2.71. The molecule has 3 heterocycles. The van der Waals surface area contributed by atoms with Gasteiger partial charge in [0.05, 0.1) is 7.11 Å². The summed E-state index contributed by atoms with van der Waals surface area (Å²) in [5.41, 5.74) is 4.26. The molecule has 2 amide bonds. The Bertz CT molecular complexity index is 3060. The molecular weight excluding hydrogens is 974 g/mol. The number of anilines is 1. The molecule has 73 heavy (non-hydrogen) atoms. The molecule has 7 aromatic carbocycles. The van der Waals surface area contributed by atoms with E-state index >= 15 is 4.79 Å². The van der Waals surface area contributed by atoms with Crippen LogP contribution >= 0.6 is 34.7 Å². The highest BCUT2D eigenvalue weighted by molar-refractivity contribution is 8.00. The lowest BCUT2D eigenvalue weighted by molar-refractivity contribution is -0.153. The Morgan fingerprint density at radius 2 is 1.18 bits per heavy atom. The van der Waals surface area contributed by atoms with Gasteiger partial charge < -0.3 is 24.9 Å². The minimum Gasteiger partial charge on any atom is -0.497 e. The van der Waals surface area contributed by atoms with Crippen LogP contribution in [0.25, 0.3) is 0 Å². The van der Waals surface area contributed by atoms with Gasteiger partial charge in [0.2, 0.25) is 5.60 Å². The number of thioether (sulfide) groups is 1. The average molecular weight is 1020 g/mol. The summed E-state index contributed by atoms with van der Waals surface area (Å²) in [4.78, 5) is 56.8. The van der Waals surface area contributed by atoms with Crippen molar-refractivity contribution in [3.05, 3.63) is 268 Å². The van der Waals surface area contributed by atoms with Gasteiger partial charge in [-0.15, -0.1) is 34.7 Å². The molecule has 11 nitrogen and oxygen atoms in total. The number of ether oxygens (including phenoxy) is 2. The zero-order valence-electron chi connectivity index (χ0n) is 39.5. The number of halogens is 1. The van der Waals surface area contributed by atoms with E-state index in [1.54, 1.807) is 36.8 Å². The maximum atomic E-state index is 15.2. The number of thiazole rings is 1. The molecule has 2 atom stereocenters. The molecule has 1 unspecified atom stereocenters. The fourth-order valence-corrected chi connectivity index (χ4v) is 11.7. The number of amides is 2. The number of hydrogen-bond acceptors (Lipinski definition) is 11. The van der Waals surface area contributed by atoms with E-state index in [1.165, 1.54) is 28.0 Å². The van der Waals surface area contributed by atoms with Crippen LogP contribution in [-0.2, 0) is 41.7 Å². The van der Waals surface area contributed by atoms with E-state index in [0.29, 0.717) is 22.2 Å².